The number of ether oxygens (including phenoxy) is 3. The minimum atomic E-state index is -0.718. The number of nitrogens with zero attached hydrogens (tertiary/aromatic N) is 3. The molecule has 0 atom stereocenters. The number of carbonyl (C=O) groups is 1. The van der Waals surface area contributed by atoms with Gasteiger partial charge in [-0.25, -0.2) is 9.07 Å². The van der Waals surface area contributed by atoms with Gasteiger partial charge in [0.25, 0.3) is 11.5 Å². The zero-order valence-corrected chi connectivity index (χ0v) is 24.5. The lowest BCUT2D eigenvalue weighted by atomic mass is 10.1. The predicted octanol–water partition coefficient (Wildman–Crippen LogP) is 5.52. The number of amides is 1. The van der Waals surface area contributed by atoms with Gasteiger partial charge in [-0.3, -0.25) is 19.3 Å². The Kier molecular flexibility index (Phi) is 7.56. The van der Waals surface area contributed by atoms with Crippen molar-refractivity contribution in [2.24, 2.45) is 7.05 Å². The molecule has 2 aromatic heterocycles. The topological polar surface area (TPSA) is 117 Å². The number of pyridine rings is 1. The second-order valence-electron chi connectivity index (χ2n) is 10.8. The van der Waals surface area contributed by atoms with Crippen LogP contribution in [0.1, 0.15) is 35.3 Å². The van der Waals surface area contributed by atoms with Crippen LogP contribution >= 0.6 is 0 Å². The normalized spacial score (nSPS) is 13.5. The molecule has 11 heteroatoms. The van der Waals surface area contributed by atoms with Crippen LogP contribution in [0.4, 0.5) is 10.1 Å². The molecule has 1 saturated carbocycles. The maximum Gasteiger partial charge on any atom is 0.284 e. The quantitative estimate of drug-likeness (QED) is 0.218. The molecule has 0 aliphatic heterocycles. The van der Waals surface area contributed by atoms with Crippen molar-refractivity contribution in [2.75, 3.05) is 19.0 Å². The summed E-state index contributed by atoms with van der Waals surface area (Å²) in [5, 5.41) is 13.3. The predicted molar refractivity (Wildman–Crippen MR) is 163 cm³/mol. The fraction of sp³-hybridized carbons (Fsp3) is 0.242. The molecule has 2 heterocycles. The summed E-state index contributed by atoms with van der Waals surface area (Å²) in [7, 11) is 3.21. The van der Waals surface area contributed by atoms with Crippen LogP contribution in [0.25, 0.3) is 16.6 Å². The average molecular weight is 599 g/mol. The highest BCUT2D eigenvalue weighted by atomic mass is 19.1. The first kappa shape index (κ1) is 28.9. The number of methoxy groups -OCH3 is 1. The Labute approximate surface area is 252 Å². The van der Waals surface area contributed by atoms with Gasteiger partial charge in [-0.05, 0) is 56.2 Å². The number of hydrogen-bond acceptors (Lipinski definition) is 7. The number of para-hydroxylation sites is 1. The molecule has 0 radical (unpaired) electrons. The highest BCUT2D eigenvalue weighted by Gasteiger charge is 2.39. The smallest absolute Gasteiger partial charge is 0.284 e. The van der Waals surface area contributed by atoms with Crippen LogP contribution in [0.3, 0.4) is 0 Å². The van der Waals surface area contributed by atoms with Gasteiger partial charge in [0.1, 0.15) is 11.3 Å². The third-order valence-electron chi connectivity index (χ3n) is 7.83. The zero-order chi connectivity index (χ0) is 31.0. The van der Waals surface area contributed by atoms with Gasteiger partial charge in [0.2, 0.25) is 0 Å². The molecule has 1 amide bonds. The molecule has 226 valence electrons. The first-order valence-corrected chi connectivity index (χ1v) is 14.1. The molecule has 44 heavy (non-hydrogen) atoms. The number of carbonyl (C=O) groups excluding carboxylic acids is 1. The standard InChI is InChI=1S/C33H31FN4O6/c1-20-30(32(40)38(37(20)2)22-7-5-4-6-8-22)31(39)36-21-9-10-27(24(34)17-21)44-26-11-15-35-25-19-29(28(42-3)18-23(25)26)43-16-14-33(41)12-13-33/h4-11,15,17-19,41H,12-14,16H2,1-3H3,(H,36,39). The van der Waals surface area contributed by atoms with Crippen LogP contribution in [0.2, 0.25) is 0 Å². The van der Waals surface area contributed by atoms with E-state index in [1.165, 1.54) is 30.1 Å². The molecule has 3 aromatic carbocycles. The van der Waals surface area contributed by atoms with E-state index in [2.05, 4.69) is 10.3 Å². The lowest BCUT2D eigenvalue weighted by molar-refractivity contribution is 0.102. The van der Waals surface area contributed by atoms with Crippen molar-refractivity contribution in [3.8, 4) is 28.7 Å². The summed E-state index contributed by atoms with van der Waals surface area (Å²) in [5.74, 6) is -0.186. The van der Waals surface area contributed by atoms with Crippen molar-refractivity contribution in [1.82, 2.24) is 14.3 Å². The van der Waals surface area contributed by atoms with Crippen LogP contribution in [0.15, 0.2) is 77.7 Å². The van der Waals surface area contributed by atoms with E-state index in [4.69, 9.17) is 14.2 Å². The molecule has 2 N–H and O–H groups in total. The highest BCUT2D eigenvalue weighted by Crippen LogP contribution is 2.40. The molecule has 1 aliphatic carbocycles. The Bertz CT molecular complexity index is 1930. The third-order valence-corrected chi connectivity index (χ3v) is 7.83. The van der Waals surface area contributed by atoms with Gasteiger partial charge in [0.15, 0.2) is 23.1 Å². The number of benzene rings is 3. The number of aliphatic hydroxyl groups is 1. The Morgan fingerprint density at radius 1 is 1.05 bits per heavy atom. The van der Waals surface area contributed by atoms with Gasteiger partial charge in [-0.1, -0.05) is 18.2 Å². The Morgan fingerprint density at radius 3 is 2.52 bits per heavy atom. The van der Waals surface area contributed by atoms with Crippen LogP contribution < -0.4 is 25.1 Å². The second kappa shape index (κ2) is 11.5. The summed E-state index contributed by atoms with van der Waals surface area (Å²) in [5.41, 5.74) is 0.637. The molecule has 1 fully saturated rings. The number of fused-ring (bicyclic) bond motifs is 1. The third kappa shape index (κ3) is 5.61. The first-order chi connectivity index (χ1) is 21.2. The summed E-state index contributed by atoms with van der Waals surface area (Å²) in [6.45, 7) is 2.00. The number of halogens is 1. The second-order valence-corrected chi connectivity index (χ2v) is 10.8. The minimum absolute atomic E-state index is 0.0407. The summed E-state index contributed by atoms with van der Waals surface area (Å²) >= 11 is 0. The van der Waals surface area contributed by atoms with Crippen LogP contribution in [0, 0.1) is 12.7 Å². The number of rotatable bonds is 10. The van der Waals surface area contributed by atoms with Crippen molar-refractivity contribution >= 4 is 22.5 Å². The van der Waals surface area contributed by atoms with Crippen LogP contribution in [0.5, 0.6) is 23.0 Å². The molecule has 6 rings (SSSR count). The fourth-order valence-corrected chi connectivity index (χ4v) is 5.04. The molecular weight excluding hydrogens is 567 g/mol. The lowest BCUT2D eigenvalue weighted by Crippen LogP contribution is -2.25. The molecule has 0 saturated heterocycles. The maximum absolute atomic E-state index is 15.3. The van der Waals surface area contributed by atoms with E-state index in [9.17, 15) is 14.7 Å². The SMILES string of the molecule is COc1cc2c(Oc3ccc(NC(=O)c4c(C)n(C)n(-c5ccccc5)c4=O)cc3F)ccnc2cc1OCCC1(O)CC1. The summed E-state index contributed by atoms with van der Waals surface area (Å²) in [6, 6.07) is 18.0. The van der Waals surface area contributed by atoms with Gasteiger partial charge >= 0.3 is 0 Å². The molecule has 1 aliphatic rings. The van der Waals surface area contributed by atoms with Gasteiger partial charge in [-0.15, -0.1) is 0 Å². The number of nitrogens with one attached hydrogen (secondary N) is 1. The zero-order valence-electron chi connectivity index (χ0n) is 24.5. The first-order valence-electron chi connectivity index (χ1n) is 14.1. The number of hydrogen-bond donors (Lipinski definition) is 2. The van der Waals surface area contributed by atoms with Crippen molar-refractivity contribution in [3.63, 3.8) is 0 Å². The van der Waals surface area contributed by atoms with Gasteiger partial charge in [0.05, 0.1) is 36.2 Å². The molecular formula is C33H31FN4O6. The van der Waals surface area contributed by atoms with Gasteiger partial charge in [-0.2, -0.15) is 0 Å². The summed E-state index contributed by atoms with van der Waals surface area (Å²) < 4.78 is 35.6. The average Bonchev–Trinajstić information content (AvgIpc) is 3.70. The summed E-state index contributed by atoms with van der Waals surface area (Å²) in [4.78, 5) is 30.7. The Balaban J connectivity index is 1.21. The molecule has 0 unspecified atom stereocenters. The van der Waals surface area contributed by atoms with E-state index >= 15 is 4.39 Å². The lowest BCUT2D eigenvalue weighted by Gasteiger charge is -2.15. The molecule has 0 bridgehead atoms. The Hall–Kier alpha value is -5.16. The number of aromatic nitrogens is 3. The molecule has 0 spiro atoms. The highest BCUT2D eigenvalue weighted by molar-refractivity contribution is 6.05. The monoisotopic (exact) mass is 598 g/mol. The van der Waals surface area contributed by atoms with Crippen molar-refractivity contribution in [2.45, 2.75) is 31.8 Å². The van der Waals surface area contributed by atoms with Crippen molar-refractivity contribution in [3.05, 3.63) is 100 Å². The fourth-order valence-electron chi connectivity index (χ4n) is 5.04. The minimum Gasteiger partial charge on any atom is -0.493 e. The molecule has 5 aromatic rings. The van der Waals surface area contributed by atoms with E-state index in [0.29, 0.717) is 52.6 Å². The van der Waals surface area contributed by atoms with Gasteiger partial charge < -0.3 is 24.6 Å². The van der Waals surface area contributed by atoms with E-state index in [0.717, 1.165) is 18.9 Å². The Morgan fingerprint density at radius 2 is 1.82 bits per heavy atom. The number of anilines is 1. The van der Waals surface area contributed by atoms with E-state index in [1.807, 2.05) is 6.07 Å². The summed E-state index contributed by atoms with van der Waals surface area (Å²) in [6.07, 6.45) is 3.62. The van der Waals surface area contributed by atoms with E-state index in [-0.39, 0.29) is 17.0 Å². The van der Waals surface area contributed by atoms with Crippen molar-refractivity contribution < 1.29 is 28.5 Å². The van der Waals surface area contributed by atoms with Gasteiger partial charge in [0, 0.05) is 42.9 Å². The van der Waals surface area contributed by atoms with Crippen LogP contribution in [-0.4, -0.2) is 44.7 Å². The molecule has 10 nitrogen and oxygen atoms in total. The van der Waals surface area contributed by atoms with E-state index < -0.39 is 22.9 Å². The largest absolute Gasteiger partial charge is 0.493 e. The van der Waals surface area contributed by atoms with E-state index in [1.54, 1.807) is 61.1 Å². The maximum atomic E-state index is 15.3. The van der Waals surface area contributed by atoms with Crippen LogP contribution in [-0.2, 0) is 7.05 Å². The van der Waals surface area contributed by atoms with Crippen molar-refractivity contribution in [1.29, 1.82) is 0 Å².